The van der Waals surface area contributed by atoms with Gasteiger partial charge in [0, 0.05) is 0 Å². The molecule has 0 aliphatic carbocycles. The smallest absolute Gasteiger partial charge is 0.298 e. The first-order valence-corrected chi connectivity index (χ1v) is 10.7. The summed E-state index contributed by atoms with van der Waals surface area (Å²) in [4.78, 5) is 12.6. The fourth-order valence-electron chi connectivity index (χ4n) is 2.71. The molecule has 2 rings (SSSR count). The minimum Gasteiger partial charge on any atom is -0.298 e. The monoisotopic (exact) mass is 443 g/mol. The van der Waals surface area contributed by atoms with Crippen molar-refractivity contribution < 1.29 is 26.4 Å². The van der Waals surface area contributed by atoms with Crippen molar-refractivity contribution in [2.75, 3.05) is 5.43 Å². The molecule has 0 bridgehead atoms. The van der Waals surface area contributed by atoms with Crippen molar-refractivity contribution in [2.24, 2.45) is 5.92 Å². The van der Waals surface area contributed by atoms with Gasteiger partial charge in [-0.2, -0.15) is 17.9 Å². The molecule has 1 amide bonds. The highest BCUT2D eigenvalue weighted by Crippen LogP contribution is 2.34. The summed E-state index contributed by atoms with van der Waals surface area (Å²) in [7, 11) is -4.00. The molecular formula is C20H24F3N3O3S. The number of para-hydroxylation sites is 1. The van der Waals surface area contributed by atoms with Crippen LogP contribution in [-0.2, 0) is 21.0 Å². The van der Waals surface area contributed by atoms with Crippen LogP contribution in [0.1, 0.15) is 31.4 Å². The highest BCUT2D eigenvalue weighted by atomic mass is 32.2. The van der Waals surface area contributed by atoms with E-state index in [1.54, 1.807) is 26.0 Å². The second kappa shape index (κ2) is 9.48. The molecule has 30 heavy (non-hydrogen) atoms. The zero-order chi connectivity index (χ0) is 22.5. The highest BCUT2D eigenvalue weighted by molar-refractivity contribution is 7.89. The third-order valence-electron chi connectivity index (χ3n) is 4.21. The van der Waals surface area contributed by atoms with Crippen molar-refractivity contribution in [2.45, 2.75) is 44.3 Å². The van der Waals surface area contributed by atoms with Crippen LogP contribution in [-0.4, -0.2) is 20.4 Å². The Kier molecular flexibility index (Phi) is 7.49. The molecule has 0 aliphatic rings. The normalized spacial score (nSPS) is 13.2. The van der Waals surface area contributed by atoms with Crippen LogP contribution in [0.5, 0.6) is 0 Å². The molecule has 0 heterocycles. The van der Waals surface area contributed by atoms with E-state index in [4.69, 9.17) is 0 Å². The lowest BCUT2D eigenvalue weighted by Crippen LogP contribution is -2.49. The average Bonchev–Trinajstić information content (AvgIpc) is 2.65. The number of anilines is 1. The Hall–Kier alpha value is -2.59. The van der Waals surface area contributed by atoms with Crippen LogP contribution in [0.3, 0.4) is 0 Å². The molecule has 0 saturated heterocycles. The Morgan fingerprint density at radius 1 is 1.03 bits per heavy atom. The summed E-state index contributed by atoms with van der Waals surface area (Å²) in [6.45, 7) is 5.41. The van der Waals surface area contributed by atoms with Crippen LogP contribution in [0.15, 0.2) is 53.4 Å². The van der Waals surface area contributed by atoms with Gasteiger partial charge in [0.05, 0.1) is 16.1 Å². The molecule has 2 aromatic rings. The van der Waals surface area contributed by atoms with Gasteiger partial charge in [0.2, 0.25) is 10.0 Å². The molecule has 164 valence electrons. The third-order valence-corrected chi connectivity index (χ3v) is 5.69. The Morgan fingerprint density at radius 2 is 1.63 bits per heavy atom. The first-order valence-electron chi connectivity index (χ1n) is 9.21. The molecule has 0 fully saturated rings. The maximum Gasteiger partial charge on any atom is 0.418 e. The number of carbonyl (C=O) groups excluding carboxylic acids is 1. The number of hydrogen-bond donors (Lipinski definition) is 3. The topological polar surface area (TPSA) is 87.3 Å². The number of hydrazine groups is 1. The summed E-state index contributed by atoms with van der Waals surface area (Å²) >= 11 is 0. The summed E-state index contributed by atoms with van der Waals surface area (Å²) < 4.78 is 66.9. The molecular weight excluding hydrogens is 419 g/mol. The lowest BCUT2D eigenvalue weighted by molar-refractivity contribution is -0.137. The van der Waals surface area contributed by atoms with E-state index in [0.29, 0.717) is 0 Å². The number of aryl methyl sites for hydroxylation is 1. The van der Waals surface area contributed by atoms with Gasteiger partial charge in [-0.05, 0) is 43.5 Å². The van der Waals surface area contributed by atoms with Crippen molar-refractivity contribution in [3.63, 3.8) is 0 Å². The van der Waals surface area contributed by atoms with Gasteiger partial charge in [0.1, 0.15) is 6.04 Å². The Bertz CT molecular complexity index is 975. The van der Waals surface area contributed by atoms with E-state index in [9.17, 15) is 26.4 Å². The molecule has 0 aromatic heterocycles. The number of sulfonamides is 1. The van der Waals surface area contributed by atoms with E-state index in [1.165, 1.54) is 24.3 Å². The number of halogens is 3. The van der Waals surface area contributed by atoms with Crippen LogP contribution in [0.25, 0.3) is 0 Å². The fourth-order valence-corrected chi connectivity index (χ4v) is 3.92. The Morgan fingerprint density at radius 3 is 2.20 bits per heavy atom. The number of nitrogens with one attached hydrogen (secondary N) is 3. The maximum atomic E-state index is 13.1. The van der Waals surface area contributed by atoms with E-state index < -0.39 is 33.7 Å². The van der Waals surface area contributed by atoms with E-state index in [0.717, 1.165) is 17.7 Å². The summed E-state index contributed by atoms with van der Waals surface area (Å²) in [5, 5.41) is 0. The van der Waals surface area contributed by atoms with E-state index in [-0.39, 0.29) is 22.9 Å². The van der Waals surface area contributed by atoms with Crippen molar-refractivity contribution in [1.82, 2.24) is 10.1 Å². The number of rotatable bonds is 8. The third kappa shape index (κ3) is 6.46. The van der Waals surface area contributed by atoms with E-state index in [2.05, 4.69) is 15.6 Å². The number of amides is 1. The van der Waals surface area contributed by atoms with Gasteiger partial charge in [-0.25, -0.2) is 8.42 Å². The molecule has 1 atom stereocenters. The molecule has 3 N–H and O–H groups in total. The largest absolute Gasteiger partial charge is 0.418 e. The molecule has 0 aliphatic heterocycles. The van der Waals surface area contributed by atoms with Crippen molar-refractivity contribution >= 4 is 21.6 Å². The quantitative estimate of drug-likeness (QED) is 0.541. The molecule has 0 spiro atoms. The van der Waals surface area contributed by atoms with Crippen molar-refractivity contribution in [3.05, 3.63) is 59.7 Å². The number of hydrogen-bond acceptors (Lipinski definition) is 4. The molecule has 2 aromatic carbocycles. The highest BCUT2D eigenvalue weighted by Gasteiger charge is 2.33. The standard InChI is InChI=1S/C20H24F3N3O3S/c1-13(2)12-18(26-30(28,29)15-10-8-14(3)9-11-15)19(27)25-24-17-7-5-4-6-16(17)20(21,22)23/h4-11,13,18,24,26H,12H2,1-3H3,(H,25,27). The molecule has 0 saturated carbocycles. The molecule has 1 unspecified atom stereocenters. The second-order valence-electron chi connectivity index (χ2n) is 7.27. The molecule has 10 heteroatoms. The minimum absolute atomic E-state index is 0.00923. The lowest BCUT2D eigenvalue weighted by Gasteiger charge is -2.21. The Labute approximate surface area is 173 Å². The summed E-state index contributed by atoms with van der Waals surface area (Å²) in [5.41, 5.74) is 4.01. The number of alkyl halides is 3. The van der Waals surface area contributed by atoms with Crippen LogP contribution < -0.4 is 15.6 Å². The summed E-state index contributed by atoms with van der Waals surface area (Å²) in [6, 6.07) is 9.56. The van der Waals surface area contributed by atoms with Crippen molar-refractivity contribution in [1.29, 1.82) is 0 Å². The summed E-state index contributed by atoms with van der Waals surface area (Å²) in [6.07, 6.45) is -4.46. The molecule has 0 radical (unpaired) electrons. The number of carbonyl (C=O) groups is 1. The zero-order valence-electron chi connectivity index (χ0n) is 16.7. The Balaban J connectivity index is 2.17. The van der Waals surface area contributed by atoms with Gasteiger partial charge in [0.15, 0.2) is 0 Å². The predicted molar refractivity (Wildman–Crippen MR) is 108 cm³/mol. The van der Waals surface area contributed by atoms with Crippen LogP contribution in [0.2, 0.25) is 0 Å². The number of benzene rings is 2. The molecule has 6 nitrogen and oxygen atoms in total. The van der Waals surface area contributed by atoms with Crippen molar-refractivity contribution in [3.8, 4) is 0 Å². The van der Waals surface area contributed by atoms with Crippen LogP contribution in [0, 0.1) is 12.8 Å². The average molecular weight is 443 g/mol. The predicted octanol–water partition coefficient (Wildman–Crippen LogP) is 3.85. The van der Waals surface area contributed by atoms with Crippen LogP contribution in [0.4, 0.5) is 18.9 Å². The zero-order valence-corrected chi connectivity index (χ0v) is 17.6. The summed E-state index contributed by atoms with van der Waals surface area (Å²) in [5.74, 6) is -0.847. The second-order valence-corrected chi connectivity index (χ2v) is 8.99. The van der Waals surface area contributed by atoms with Gasteiger partial charge in [-0.15, -0.1) is 0 Å². The van der Waals surface area contributed by atoms with Gasteiger partial charge >= 0.3 is 6.18 Å². The lowest BCUT2D eigenvalue weighted by atomic mass is 10.0. The first-order chi connectivity index (χ1) is 13.9. The van der Waals surface area contributed by atoms with E-state index in [1.807, 2.05) is 6.92 Å². The van der Waals surface area contributed by atoms with Crippen LogP contribution >= 0.6 is 0 Å². The fraction of sp³-hybridized carbons (Fsp3) is 0.350. The van der Waals surface area contributed by atoms with Gasteiger partial charge in [0.25, 0.3) is 5.91 Å². The van der Waals surface area contributed by atoms with Gasteiger partial charge < -0.3 is 0 Å². The van der Waals surface area contributed by atoms with Gasteiger partial charge in [-0.3, -0.25) is 15.6 Å². The minimum atomic E-state index is -4.61. The SMILES string of the molecule is Cc1ccc(S(=O)(=O)NC(CC(C)C)C(=O)NNc2ccccc2C(F)(F)F)cc1. The van der Waals surface area contributed by atoms with Gasteiger partial charge in [-0.1, -0.05) is 43.7 Å². The maximum absolute atomic E-state index is 13.1. The first kappa shape index (κ1) is 23.7. The van der Waals surface area contributed by atoms with E-state index >= 15 is 0 Å².